The van der Waals surface area contributed by atoms with Gasteiger partial charge in [0.2, 0.25) is 0 Å². The largest absolute Gasteiger partial charge is 0.497 e. The third-order valence-electron chi connectivity index (χ3n) is 3.18. The first kappa shape index (κ1) is 14.2. The van der Waals surface area contributed by atoms with Crippen LogP contribution in [0.2, 0.25) is 0 Å². The summed E-state index contributed by atoms with van der Waals surface area (Å²) in [6.07, 6.45) is 4.79. The Morgan fingerprint density at radius 1 is 1.20 bits per heavy atom. The molecule has 0 saturated heterocycles. The van der Waals surface area contributed by atoms with Crippen LogP contribution in [0, 0.1) is 0 Å². The van der Waals surface area contributed by atoms with Gasteiger partial charge in [0.25, 0.3) is 5.91 Å². The summed E-state index contributed by atoms with van der Waals surface area (Å²) in [5.74, 6) is 0.839. The summed E-state index contributed by atoms with van der Waals surface area (Å²) in [5.41, 5.74) is 1.90. The van der Waals surface area contributed by atoms with Gasteiger partial charge in [-0.3, -0.25) is 4.79 Å². The van der Waals surface area contributed by atoms with Crippen LogP contribution in [0.5, 0.6) is 5.75 Å². The van der Waals surface area contributed by atoms with E-state index in [4.69, 9.17) is 4.74 Å². The highest BCUT2D eigenvalue weighted by atomic mass is 16.5. The molecule has 0 bridgehead atoms. The molecule has 0 aliphatic rings. The Hall–Kier alpha value is -2.23. The van der Waals surface area contributed by atoms with Gasteiger partial charge in [-0.15, -0.1) is 0 Å². The average molecular weight is 272 g/mol. The molecule has 0 radical (unpaired) electrons. The van der Waals surface area contributed by atoms with Crippen molar-refractivity contribution in [2.75, 3.05) is 13.7 Å². The Bertz CT molecular complexity index is 518. The highest BCUT2D eigenvalue weighted by Crippen LogP contribution is 2.12. The average Bonchev–Trinajstić information content (AvgIpc) is 3.01. The van der Waals surface area contributed by atoms with E-state index in [-0.39, 0.29) is 5.91 Å². The zero-order valence-electron chi connectivity index (χ0n) is 11.7. The summed E-state index contributed by atoms with van der Waals surface area (Å²) in [4.78, 5) is 14.5. The van der Waals surface area contributed by atoms with Crippen LogP contribution < -0.4 is 10.1 Å². The molecule has 0 saturated carbocycles. The number of carbonyl (C=O) groups is 1. The van der Waals surface area contributed by atoms with E-state index in [2.05, 4.69) is 22.4 Å². The fourth-order valence-corrected chi connectivity index (χ4v) is 2.02. The Kier molecular flexibility index (Phi) is 5.24. The van der Waals surface area contributed by atoms with Gasteiger partial charge in [0.1, 0.15) is 11.4 Å². The van der Waals surface area contributed by atoms with E-state index >= 15 is 0 Å². The van der Waals surface area contributed by atoms with Crippen LogP contribution in [0.1, 0.15) is 28.9 Å². The van der Waals surface area contributed by atoms with E-state index in [1.165, 1.54) is 5.56 Å². The number of unbranched alkanes of at least 4 members (excludes halogenated alkanes) is 1. The molecular formula is C16H20N2O2. The second kappa shape index (κ2) is 7.38. The van der Waals surface area contributed by atoms with Crippen LogP contribution in [0.25, 0.3) is 0 Å². The number of aromatic nitrogens is 1. The van der Waals surface area contributed by atoms with Crippen molar-refractivity contribution in [1.82, 2.24) is 10.3 Å². The molecule has 0 spiro atoms. The number of benzene rings is 1. The second-order valence-electron chi connectivity index (χ2n) is 4.64. The molecule has 1 aromatic heterocycles. The zero-order valence-corrected chi connectivity index (χ0v) is 11.7. The summed E-state index contributed by atoms with van der Waals surface area (Å²) in [6, 6.07) is 11.7. The number of methoxy groups -OCH3 is 1. The summed E-state index contributed by atoms with van der Waals surface area (Å²) in [7, 11) is 1.67. The van der Waals surface area contributed by atoms with Gasteiger partial charge in [-0.2, -0.15) is 0 Å². The van der Waals surface area contributed by atoms with Crippen LogP contribution >= 0.6 is 0 Å². The Balaban J connectivity index is 1.62. The quantitative estimate of drug-likeness (QED) is 0.761. The van der Waals surface area contributed by atoms with Gasteiger partial charge in [-0.05, 0) is 49.1 Å². The van der Waals surface area contributed by atoms with Crippen LogP contribution in [-0.4, -0.2) is 24.5 Å². The molecule has 1 heterocycles. The highest BCUT2D eigenvalue weighted by Gasteiger charge is 2.03. The number of aryl methyl sites for hydroxylation is 1. The molecule has 0 aliphatic carbocycles. The Labute approximate surface area is 119 Å². The van der Waals surface area contributed by atoms with E-state index in [1.54, 1.807) is 19.4 Å². The first-order chi connectivity index (χ1) is 9.79. The minimum absolute atomic E-state index is 0.0422. The third kappa shape index (κ3) is 4.16. The van der Waals surface area contributed by atoms with Gasteiger partial charge in [0, 0.05) is 12.7 Å². The lowest BCUT2D eigenvalue weighted by molar-refractivity contribution is 0.0948. The molecular weight excluding hydrogens is 252 g/mol. The number of rotatable bonds is 7. The fraction of sp³-hybridized carbons (Fsp3) is 0.312. The molecule has 0 fully saturated rings. The normalized spacial score (nSPS) is 10.2. The van der Waals surface area contributed by atoms with E-state index < -0.39 is 0 Å². The standard InChI is InChI=1S/C16H20N2O2/c1-20-14-9-7-13(8-10-14)5-2-3-11-18-16(19)15-6-4-12-17-15/h4,6-10,12,17H,2-3,5,11H2,1H3,(H,18,19). The van der Waals surface area contributed by atoms with E-state index in [9.17, 15) is 4.79 Å². The van der Waals surface area contributed by atoms with Crippen molar-refractivity contribution in [2.24, 2.45) is 0 Å². The lowest BCUT2D eigenvalue weighted by Crippen LogP contribution is -2.24. The Morgan fingerprint density at radius 3 is 2.65 bits per heavy atom. The minimum Gasteiger partial charge on any atom is -0.497 e. The molecule has 20 heavy (non-hydrogen) atoms. The number of hydrogen-bond donors (Lipinski definition) is 2. The molecule has 0 atom stereocenters. The molecule has 4 nitrogen and oxygen atoms in total. The molecule has 0 unspecified atom stereocenters. The number of nitrogens with one attached hydrogen (secondary N) is 2. The van der Waals surface area contributed by atoms with Gasteiger partial charge in [-0.1, -0.05) is 12.1 Å². The Morgan fingerprint density at radius 2 is 2.00 bits per heavy atom. The number of carbonyl (C=O) groups excluding carboxylic acids is 1. The van der Waals surface area contributed by atoms with Crippen molar-refractivity contribution in [2.45, 2.75) is 19.3 Å². The van der Waals surface area contributed by atoms with Crippen molar-refractivity contribution in [1.29, 1.82) is 0 Å². The molecule has 2 N–H and O–H groups in total. The van der Waals surface area contributed by atoms with Gasteiger partial charge in [0.05, 0.1) is 7.11 Å². The van der Waals surface area contributed by atoms with Gasteiger partial charge >= 0.3 is 0 Å². The second-order valence-corrected chi connectivity index (χ2v) is 4.64. The molecule has 2 aromatic rings. The molecule has 1 amide bonds. The maximum absolute atomic E-state index is 11.7. The zero-order chi connectivity index (χ0) is 14.2. The van der Waals surface area contributed by atoms with Crippen molar-refractivity contribution in [3.63, 3.8) is 0 Å². The lowest BCUT2D eigenvalue weighted by Gasteiger charge is -2.05. The SMILES string of the molecule is COc1ccc(CCCCNC(=O)c2ccc[nH]2)cc1. The topological polar surface area (TPSA) is 54.1 Å². The number of hydrogen-bond acceptors (Lipinski definition) is 2. The highest BCUT2D eigenvalue weighted by molar-refractivity contribution is 5.92. The summed E-state index contributed by atoms with van der Waals surface area (Å²) in [6.45, 7) is 0.702. The van der Waals surface area contributed by atoms with Gasteiger partial charge in [-0.25, -0.2) is 0 Å². The number of H-pyrrole nitrogens is 1. The number of ether oxygens (including phenoxy) is 1. The first-order valence-corrected chi connectivity index (χ1v) is 6.84. The van der Waals surface area contributed by atoms with E-state index in [1.807, 2.05) is 18.2 Å². The molecule has 0 aliphatic heterocycles. The molecule has 1 aromatic carbocycles. The molecule has 4 heteroatoms. The predicted molar refractivity (Wildman–Crippen MR) is 79.1 cm³/mol. The van der Waals surface area contributed by atoms with Crippen LogP contribution in [-0.2, 0) is 6.42 Å². The van der Waals surface area contributed by atoms with Crippen LogP contribution in [0.15, 0.2) is 42.6 Å². The summed E-state index contributed by atoms with van der Waals surface area (Å²) < 4.78 is 5.12. The number of aromatic amines is 1. The smallest absolute Gasteiger partial charge is 0.267 e. The summed E-state index contributed by atoms with van der Waals surface area (Å²) in [5, 5.41) is 2.90. The number of amides is 1. The van der Waals surface area contributed by atoms with Crippen LogP contribution in [0.3, 0.4) is 0 Å². The van der Waals surface area contributed by atoms with Gasteiger partial charge in [0.15, 0.2) is 0 Å². The minimum atomic E-state index is -0.0422. The van der Waals surface area contributed by atoms with E-state index in [0.717, 1.165) is 25.0 Å². The van der Waals surface area contributed by atoms with E-state index in [0.29, 0.717) is 12.2 Å². The van der Waals surface area contributed by atoms with Crippen molar-refractivity contribution < 1.29 is 9.53 Å². The monoisotopic (exact) mass is 272 g/mol. The molecule has 106 valence electrons. The maximum atomic E-state index is 11.7. The van der Waals surface area contributed by atoms with Crippen LogP contribution in [0.4, 0.5) is 0 Å². The van der Waals surface area contributed by atoms with Crippen molar-refractivity contribution in [3.05, 3.63) is 53.9 Å². The summed E-state index contributed by atoms with van der Waals surface area (Å²) >= 11 is 0. The van der Waals surface area contributed by atoms with Gasteiger partial charge < -0.3 is 15.0 Å². The molecule has 2 rings (SSSR count). The van der Waals surface area contributed by atoms with Crippen molar-refractivity contribution in [3.8, 4) is 5.75 Å². The van der Waals surface area contributed by atoms with Crippen molar-refractivity contribution >= 4 is 5.91 Å². The lowest BCUT2D eigenvalue weighted by atomic mass is 10.1. The predicted octanol–water partition coefficient (Wildman–Crippen LogP) is 2.78. The third-order valence-corrected chi connectivity index (χ3v) is 3.18. The maximum Gasteiger partial charge on any atom is 0.267 e. The fourth-order valence-electron chi connectivity index (χ4n) is 2.02. The first-order valence-electron chi connectivity index (χ1n) is 6.84.